The molecule has 0 saturated carbocycles. The van der Waals surface area contributed by atoms with Gasteiger partial charge in [-0.1, -0.05) is 24.3 Å². The topological polar surface area (TPSA) is 58.2 Å². The zero-order valence-corrected chi connectivity index (χ0v) is 13.5. The van der Waals surface area contributed by atoms with Crippen LogP contribution in [0, 0.1) is 11.6 Å². The maximum Gasteiger partial charge on any atom is 0.234 e. The van der Waals surface area contributed by atoms with Crippen molar-refractivity contribution in [1.29, 1.82) is 0 Å². The normalized spacial score (nSPS) is 10.2. The van der Waals surface area contributed by atoms with Gasteiger partial charge >= 0.3 is 0 Å². The van der Waals surface area contributed by atoms with Crippen molar-refractivity contribution in [2.45, 2.75) is 6.54 Å². The molecule has 0 bridgehead atoms. The molecule has 2 rings (SSSR count). The number of halogens is 2. The molecular formula is C17H16F2N2O2S. The number of nitrogens with one attached hydrogen (secondary N) is 2. The molecule has 0 saturated heterocycles. The molecule has 0 aromatic heterocycles. The summed E-state index contributed by atoms with van der Waals surface area (Å²) >= 11 is 1.13. The van der Waals surface area contributed by atoms with Crippen molar-refractivity contribution in [3.05, 3.63) is 65.7 Å². The quantitative estimate of drug-likeness (QED) is 0.807. The molecule has 2 amide bonds. The lowest BCUT2D eigenvalue weighted by Crippen LogP contribution is -2.25. The SMILES string of the molecule is O=C(CSCC(=O)Nc1ccccc1F)NCc1ccc(F)cc1. The van der Waals surface area contributed by atoms with Crippen LogP contribution < -0.4 is 10.6 Å². The van der Waals surface area contributed by atoms with Crippen molar-refractivity contribution < 1.29 is 18.4 Å². The zero-order valence-electron chi connectivity index (χ0n) is 12.7. The van der Waals surface area contributed by atoms with E-state index in [0.29, 0.717) is 6.54 Å². The van der Waals surface area contributed by atoms with E-state index < -0.39 is 5.82 Å². The first kappa shape index (κ1) is 17.9. The summed E-state index contributed by atoms with van der Waals surface area (Å²) in [4.78, 5) is 23.4. The largest absolute Gasteiger partial charge is 0.351 e. The van der Waals surface area contributed by atoms with Crippen molar-refractivity contribution in [3.8, 4) is 0 Å². The van der Waals surface area contributed by atoms with Gasteiger partial charge in [-0.3, -0.25) is 9.59 Å². The first-order chi connectivity index (χ1) is 11.5. The highest BCUT2D eigenvalue weighted by atomic mass is 32.2. The molecule has 2 aromatic rings. The Labute approximate surface area is 142 Å². The van der Waals surface area contributed by atoms with Crippen molar-refractivity contribution in [1.82, 2.24) is 5.32 Å². The zero-order chi connectivity index (χ0) is 17.4. The highest BCUT2D eigenvalue weighted by Crippen LogP contribution is 2.13. The van der Waals surface area contributed by atoms with Gasteiger partial charge in [0.25, 0.3) is 0 Å². The number of hydrogen-bond acceptors (Lipinski definition) is 3. The summed E-state index contributed by atoms with van der Waals surface area (Å²) in [7, 11) is 0. The Hall–Kier alpha value is -2.41. The lowest BCUT2D eigenvalue weighted by molar-refractivity contribution is -0.118. The molecule has 0 radical (unpaired) electrons. The summed E-state index contributed by atoms with van der Waals surface area (Å²) in [6.45, 7) is 0.293. The minimum absolute atomic E-state index is 0.0400. The van der Waals surface area contributed by atoms with Gasteiger partial charge in [0.05, 0.1) is 17.2 Å². The standard InChI is InChI=1S/C17H16F2N2O2S/c18-13-7-5-12(6-8-13)9-20-16(22)10-24-11-17(23)21-15-4-2-1-3-14(15)19/h1-8H,9-11H2,(H,20,22)(H,21,23). The van der Waals surface area contributed by atoms with E-state index in [2.05, 4.69) is 10.6 Å². The molecule has 2 N–H and O–H groups in total. The van der Waals surface area contributed by atoms with E-state index >= 15 is 0 Å². The monoisotopic (exact) mass is 350 g/mol. The highest BCUT2D eigenvalue weighted by Gasteiger charge is 2.08. The van der Waals surface area contributed by atoms with Crippen LogP contribution in [0.25, 0.3) is 0 Å². The van der Waals surface area contributed by atoms with Crippen LogP contribution in [0.1, 0.15) is 5.56 Å². The Kier molecular flexibility index (Phi) is 6.74. The second-order valence-corrected chi connectivity index (χ2v) is 5.91. The van der Waals surface area contributed by atoms with Crippen LogP contribution in [0.2, 0.25) is 0 Å². The molecule has 0 atom stereocenters. The van der Waals surface area contributed by atoms with Crippen LogP contribution in [0.5, 0.6) is 0 Å². The van der Waals surface area contributed by atoms with Gasteiger partial charge in [-0.05, 0) is 29.8 Å². The Balaban J connectivity index is 1.66. The van der Waals surface area contributed by atoms with Gasteiger partial charge in [-0.2, -0.15) is 0 Å². The first-order valence-corrected chi connectivity index (χ1v) is 8.33. The van der Waals surface area contributed by atoms with Crippen LogP contribution in [-0.2, 0) is 16.1 Å². The summed E-state index contributed by atoms with van der Waals surface area (Å²) in [6, 6.07) is 11.7. The molecule has 0 aliphatic heterocycles. The molecule has 126 valence electrons. The third-order valence-electron chi connectivity index (χ3n) is 3.02. The van der Waals surface area contributed by atoms with E-state index in [1.165, 1.54) is 30.3 Å². The fourth-order valence-corrected chi connectivity index (χ4v) is 2.49. The third kappa shape index (κ3) is 6.00. The van der Waals surface area contributed by atoms with E-state index in [1.807, 2.05) is 0 Å². The molecule has 0 heterocycles. The molecular weight excluding hydrogens is 334 g/mol. The van der Waals surface area contributed by atoms with Crippen LogP contribution in [0.15, 0.2) is 48.5 Å². The fourth-order valence-electron chi connectivity index (χ4n) is 1.84. The van der Waals surface area contributed by atoms with Gasteiger partial charge in [-0.15, -0.1) is 11.8 Å². The summed E-state index contributed by atoms with van der Waals surface area (Å²) < 4.78 is 26.1. The number of hydrogen-bond donors (Lipinski definition) is 2. The number of thioether (sulfide) groups is 1. The summed E-state index contributed by atoms with van der Waals surface area (Å²) in [5, 5.41) is 5.12. The molecule has 0 aliphatic rings. The van der Waals surface area contributed by atoms with Gasteiger partial charge in [0.2, 0.25) is 11.8 Å². The second kappa shape index (κ2) is 9.02. The molecule has 0 spiro atoms. The van der Waals surface area contributed by atoms with Crippen LogP contribution in [0.3, 0.4) is 0 Å². The maximum atomic E-state index is 13.4. The number of carbonyl (C=O) groups excluding carboxylic acids is 2. The lowest BCUT2D eigenvalue weighted by atomic mass is 10.2. The van der Waals surface area contributed by atoms with Crippen LogP contribution in [0.4, 0.5) is 14.5 Å². The fraction of sp³-hybridized carbons (Fsp3) is 0.176. The van der Waals surface area contributed by atoms with Gasteiger partial charge in [0.15, 0.2) is 0 Å². The number of carbonyl (C=O) groups is 2. The average Bonchev–Trinajstić information content (AvgIpc) is 2.56. The summed E-state index contributed by atoms with van der Waals surface area (Å²) in [5.41, 5.74) is 0.899. The van der Waals surface area contributed by atoms with E-state index in [4.69, 9.17) is 0 Å². The predicted molar refractivity (Wildman–Crippen MR) is 90.6 cm³/mol. The lowest BCUT2D eigenvalue weighted by Gasteiger charge is -2.07. The van der Waals surface area contributed by atoms with Gasteiger partial charge in [0.1, 0.15) is 11.6 Å². The minimum Gasteiger partial charge on any atom is -0.351 e. The van der Waals surface area contributed by atoms with Crippen LogP contribution >= 0.6 is 11.8 Å². The minimum atomic E-state index is -0.507. The number of para-hydroxylation sites is 1. The predicted octanol–water partition coefficient (Wildman–Crippen LogP) is 2.95. The Morgan fingerprint density at radius 3 is 2.29 bits per heavy atom. The number of anilines is 1. The summed E-state index contributed by atoms with van der Waals surface area (Å²) in [6.07, 6.45) is 0. The van der Waals surface area contributed by atoms with Crippen molar-refractivity contribution in [2.75, 3.05) is 16.8 Å². The van der Waals surface area contributed by atoms with Gasteiger partial charge in [0, 0.05) is 6.54 Å². The maximum absolute atomic E-state index is 13.4. The Morgan fingerprint density at radius 2 is 1.58 bits per heavy atom. The molecule has 0 aliphatic carbocycles. The van der Waals surface area contributed by atoms with E-state index in [0.717, 1.165) is 17.3 Å². The Bertz CT molecular complexity index is 708. The van der Waals surface area contributed by atoms with Gasteiger partial charge < -0.3 is 10.6 Å². The number of rotatable bonds is 7. The number of benzene rings is 2. The molecule has 0 unspecified atom stereocenters. The van der Waals surface area contributed by atoms with Crippen molar-refractivity contribution >= 4 is 29.3 Å². The third-order valence-corrected chi connectivity index (χ3v) is 3.95. The van der Waals surface area contributed by atoms with Crippen molar-refractivity contribution in [3.63, 3.8) is 0 Å². The smallest absolute Gasteiger partial charge is 0.234 e. The summed E-state index contributed by atoms with van der Waals surface area (Å²) in [5.74, 6) is -1.31. The molecule has 24 heavy (non-hydrogen) atoms. The van der Waals surface area contributed by atoms with Crippen molar-refractivity contribution in [2.24, 2.45) is 0 Å². The van der Waals surface area contributed by atoms with E-state index in [9.17, 15) is 18.4 Å². The Morgan fingerprint density at radius 1 is 0.917 bits per heavy atom. The second-order valence-electron chi connectivity index (χ2n) is 4.92. The molecule has 7 heteroatoms. The number of amides is 2. The van der Waals surface area contributed by atoms with Gasteiger partial charge in [-0.25, -0.2) is 8.78 Å². The highest BCUT2D eigenvalue weighted by molar-refractivity contribution is 8.00. The van der Waals surface area contributed by atoms with E-state index in [1.54, 1.807) is 18.2 Å². The first-order valence-electron chi connectivity index (χ1n) is 7.18. The average molecular weight is 350 g/mol. The molecule has 2 aromatic carbocycles. The molecule has 4 nitrogen and oxygen atoms in total. The van der Waals surface area contributed by atoms with Crippen LogP contribution in [-0.4, -0.2) is 23.3 Å². The van der Waals surface area contributed by atoms with E-state index in [-0.39, 0.29) is 34.8 Å². The molecule has 0 fully saturated rings.